The van der Waals surface area contributed by atoms with Crippen molar-refractivity contribution in [2.75, 3.05) is 13.1 Å². The lowest BCUT2D eigenvalue weighted by atomic mass is 9.94. The van der Waals surface area contributed by atoms with Crippen LogP contribution in [0.15, 0.2) is 22.9 Å². The number of piperidine rings is 1. The van der Waals surface area contributed by atoms with E-state index in [0.717, 1.165) is 37.9 Å². The minimum Gasteiger partial charge on any atom is -0.375 e. The van der Waals surface area contributed by atoms with E-state index in [4.69, 9.17) is 10.5 Å². The Labute approximate surface area is 103 Å². The predicted octanol–water partition coefficient (Wildman–Crippen LogP) is 2.88. The van der Waals surface area contributed by atoms with Crippen LogP contribution in [0, 0.1) is 22.7 Å². The first kappa shape index (κ1) is 11.7. The molecule has 0 aromatic carbocycles. The summed E-state index contributed by atoms with van der Waals surface area (Å²) < 4.78 is 0. The first-order valence-corrected chi connectivity index (χ1v) is 6.34. The fourth-order valence-electron chi connectivity index (χ4n) is 2.60. The number of hydrogen-bond donors (Lipinski definition) is 0. The third kappa shape index (κ3) is 2.68. The Hall–Kier alpha value is -1.74. The molecule has 3 heteroatoms. The summed E-state index contributed by atoms with van der Waals surface area (Å²) in [5, 5.41) is 17.8. The maximum Gasteiger partial charge on any atom is 0.132 e. The summed E-state index contributed by atoms with van der Waals surface area (Å²) in [6, 6.07) is 4.00. The van der Waals surface area contributed by atoms with Crippen LogP contribution in [0.25, 0.3) is 0 Å². The zero-order chi connectivity index (χ0) is 12.1. The molecule has 0 saturated carbocycles. The number of allylic oxidation sites excluding steroid dienone is 4. The van der Waals surface area contributed by atoms with E-state index in [9.17, 15) is 0 Å². The predicted molar refractivity (Wildman–Crippen MR) is 65.6 cm³/mol. The van der Waals surface area contributed by atoms with E-state index in [1.807, 2.05) is 12.1 Å². The molecule has 2 aliphatic rings. The molecule has 1 heterocycles. The number of hydrogen-bond acceptors (Lipinski definition) is 3. The van der Waals surface area contributed by atoms with Crippen LogP contribution in [-0.2, 0) is 0 Å². The van der Waals surface area contributed by atoms with E-state index >= 15 is 0 Å². The minimum absolute atomic E-state index is 0.291. The molecule has 0 amide bonds. The second-order valence-electron chi connectivity index (χ2n) is 4.66. The highest BCUT2D eigenvalue weighted by atomic mass is 15.1. The number of likely N-dealkylation sites (tertiary alicyclic amines) is 1. The molecule has 0 bridgehead atoms. The van der Waals surface area contributed by atoms with Gasteiger partial charge in [0.1, 0.15) is 17.7 Å². The van der Waals surface area contributed by atoms with E-state index in [1.165, 1.54) is 25.0 Å². The van der Waals surface area contributed by atoms with E-state index in [-0.39, 0.29) is 0 Å². The molecule has 1 fully saturated rings. The monoisotopic (exact) mass is 227 g/mol. The molecule has 2 rings (SSSR count). The molecular formula is C14H17N3. The summed E-state index contributed by atoms with van der Waals surface area (Å²) in [4.78, 5) is 2.43. The first-order valence-electron chi connectivity index (χ1n) is 6.34. The third-order valence-corrected chi connectivity index (χ3v) is 3.53. The third-order valence-electron chi connectivity index (χ3n) is 3.53. The molecule has 88 valence electrons. The van der Waals surface area contributed by atoms with Crippen molar-refractivity contribution >= 4 is 0 Å². The van der Waals surface area contributed by atoms with Crippen molar-refractivity contribution in [3.63, 3.8) is 0 Å². The minimum atomic E-state index is 0.291. The van der Waals surface area contributed by atoms with E-state index < -0.39 is 0 Å². The zero-order valence-electron chi connectivity index (χ0n) is 10.1. The molecule has 0 radical (unpaired) electrons. The Morgan fingerprint density at radius 3 is 2.35 bits per heavy atom. The zero-order valence-corrected chi connectivity index (χ0v) is 10.1. The second kappa shape index (κ2) is 5.55. The number of nitrogens with zero attached hydrogens (tertiary/aromatic N) is 3. The molecule has 1 aliphatic carbocycles. The van der Waals surface area contributed by atoms with Gasteiger partial charge >= 0.3 is 0 Å². The maximum absolute atomic E-state index is 8.90. The molecule has 17 heavy (non-hydrogen) atoms. The molecule has 0 aromatic rings. The number of nitriles is 2. The van der Waals surface area contributed by atoms with Crippen molar-refractivity contribution in [3.05, 3.63) is 22.9 Å². The largest absolute Gasteiger partial charge is 0.375 e. The highest BCUT2D eigenvalue weighted by Gasteiger charge is 2.18. The standard InChI is InChI=1S/C14H17N3/c15-10-13(11-16)12-5-4-6-14(9-12)17-7-2-1-3-8-17/h9H,1-8H2. The van der Waals surface area contributed by atoms with Crippen LogP contribution >= 0.6 is 0 Å². The fourth-order valence-corrected chi connectivity index (χ4v) is 2.60. The summed E-state index contributed by atoms with van der Waals surface area (Å²) in [5.74, 6) is 0. The SMILES string of the molecule is N#CC(C#N)=C1C=C(N2CCCCC2)CCC1. The van der Waals surface area contributed by atoms with Crippen molar-refractivity contribution in [1.82, 2.24) is 4.90 Å². The van der Waals surface area contributed by atoms with Crippen LogP contribution in [0.3, 0.4) is 0 Å². The molecule has 0 aromatic heterocycles. The molecule has 1 saturated heterocycles. The first-order chi connectivity index (χ1) is 8.35. The Morgan fingerprint density at radius 1 is 1.00 bits per heavy atom. The van der Waals surface area contributed by atoms with Crippen LogP contribution in [0.5, 0.6) is 0 Å². The highest BCUT2D eigenvalue weighted by molar-refractivity contribution is 5.46. The lowest BCUT2D eigenvalue weighted by molar-refractivity contribution is 0.273. The van der Waals surface area contributed by atoms with Crippen LogP contribution < -0.4 is 0 Å². The van der Waals surface area contributed by atoms with Gasteiger partial charge in [-0.05, 0) is 50.2 Å². The van der Waals surface area contributed by atoms with Crippen molar-refractivity contribution in [3.8, 4) is 12.1 Å². The average Bonchev–Trinajstić information content (AvgIpc) is 2.42. The normalized spacial score (nSPS) is 20.2. The van der Waals surface area contributed by atoms with Crippen molar-refractivity contribution in [2.24, 2.45) is 0 Å². The van der Waals surface area contributed by atoms with Crippen LogP contribution in [0.2, 0.25) is 0 Å². The smallest absolute Gasteiger partial charge is 0.132 e. The Kier molecular flexibility index (Phi) is 3.83. The second-order valence-corrected chi connectivity index (χ2v) is 4.66. The lowest BCUT2D eigenvalue weighted by Crippen LogP contribution is -2.30. The van der Waals surface area contributed by atoms with Crippen molar-refractivity contribution < 1.29 is 0 Å². The van der Waals surface area contributed by atoms with Crippen LogP contribution in [0.4, 0.5) is 0 Å². The van der Waals surface area contributed by atoms with Gasteiger partial charge in [0, 0.05) is 18.8 Å². The van der Waals surface area contributed by atoms with Gasteiger partial charge in [-0.25, -0.2) is 0 Å². The molecule has 0 atom stereocenters. The molecule has 0 unspecified atom stereocenters. The molecule has 1 aliphatic heterocycles. The molecular weight excluding hydrogens is 210 g/mol. The lowest BCUT2D eigenvalue weighted by Gasteiger charge is -2.33. The number of rotatable bonds is 1. The van der Waals surface area contributed by atoms with Gasteiger partial charge in [0.05, 0.1) is 0 Å². The van der Waals surface area contributed by atoms with Crippen LogP contribution in [-0.4, -0.2) is 18.0 Å². The van der Waals surface area contributed by atoms with Crippen molar-refractivity contribution in [2.45, 2.75) is 38.5 Å². The summed E-state index contributed by atoms with van der Waals surface area (Å²) >= 11 is 0. The highest BCUT2D eigenvalue weighted by Crippen LogP contribution is 2.28. The Bertz CT molecular complexity index is 409. The van der Waals surface area contributed by atoms with Gasteiger partial charge in [0.2, 0.25) is 0 Å². The van der Waals surface area contributed by atoms with Gasteiger partial charge in [0.25, 0.3) is 0 Å². The Morgan fingerprint density at radius 2 is 1.71 bits per heavy atom. The molecule has 3 nitrogen and oxygen atoms in total. The van der Waals surface area contributed by atoms with Crippen molar-refractivity contribution in [1.29, 1.82) is 10.5 Å². The maximum atomic E-state index is 8.90. The summed E-state index contributed by atoms with van der Waals surface area (Å²) in [7, 11) is 0. The molecule has 0 spiro atoms. The summed E-state index contributed by atoms with van der Waals surface area (Å²) in [5.41, 5.74) is 2.55. The summed E-state index contributed by atoms with van der Waals surface area (Å²) in [6.45, 7) is 2.26. The molecule has 0 N–H and O–H groups in total. The average molecular weight is 227 g/mol. The fraction of sp³-hybridized carbons (Fsp3) is 0.571. The van der Waals surface area contributed by atoms with E-state index in [1.54, 1.807) is 0 Å². The van der Waals surface area contributed by atoms with Crippen LogP contribution in [0.1, 0.15) is 38.5 Å². The van der Waals surface area contributed by atoms with Gasteiger partial charge in [-0.15, -0.1) is 0 Å². The van der Waals surface area contributed by atoms with E-state index in [2.05, 4.69) is 11.0 Å². The quantitative estimate of drug-likeness (QED) is 0.647. The summed E-state index contributed by atoms with van der Waals surface area (Å²) in [6.07, 6.45) is 8.95. The Balaban J connectivity index is 2.21. The van der Waals surface area contributed by atoms with Gasteiger partial charge < -0.3 is 4.90 Å². The van der Waals surface area contributed by atoms with E-state index in [0.29, 0.717) is 5.57 Å². The van der Waals surface area contributed by atoms with Gasteiger partial charge in [-0.2, -0.15) is 10.5 Å². The van der Waals surface area contributed by atoms with Gasteiger partial charge in [0.15, 0.2) is 0 Å². The topological polar surface area (TPSA) is 50.8 Å². The van der Waals surface area contributed by atoms with Gasteiger partial charge in [-0.3, -0.25) is 0 Å². The van der Waals surface area contributed by atoms with Gasteiger partial charge in [-0.1, -0.05) is 0 Å².